The van der Waals surface area contributed by atoms with Gasteiger partial charge in [-0.3, -0.25) is 0 Å². The predicted octanol–water partition coefficient (Wildman–Crippen LogP) is 2.69. The zero-order valence-corrected chi connectivity index (χ0v) is 10.6. The summed E-state index contributed by atoms with van der Waals surface area (Å²) in [5.74, 6) is 0.333. The van der Waals surface area contributed by atoms with E-state index in [4.69, 9.17) is 5.73 Å². The Morgan fingerprint density at radius 2 is 1.87 bits per heavy atom. The normalized spacial score (nSPS) is 27.0. The van der Waals surface area contributed by atoms with Crippen molar-refractivity contribution in [1.82, 2.24) is 0 Å². The Morgan fingerprint density at radius 1 is 1.33 bits per heavy atom. The highest BCUT2D eigenvalue weighted by Gasteiger charge is 2.48. The van der Waals surface area contributed by atoms with Gasteiger partial charge in [0.15, 0.2) is 0 Å². The molecule has 0 saturated heterocycles. The van der Waals surface area contributed by atoms with Crippen molar-refractivity contribution in [2.75, 3.05) is 6.54 Å². The topological polar surface area (TPSA) is 46.2 Å². The number of nitrogens with two attached hydrogens (primary N) is 1. The van der Waals surface area contributed by atoms with Gasteiger partial charge in [-0.2, -0.15) is 0 Å². The van der Waals surface area contributed by atoms with E-state index in [0.29, 0.717) is 12.5 Å². The molecule has 0 aromatic carbocycles. The van der Waals surface area contributed by atoms with Gasteiger partial charge in [0.2, 0.25) is 0 Å². The summed E-state index contributed by atoms with van der Waals surface area (Å²) in [6.45, 7) is 6.92. The second-order valence-corrected chi connectivity index (χ2v) is 5.50. The minimum atomic E-state index is -0.600. The first-order valence-electron chi connectivity index (χ1n) is 6.42. The van der Waals surface area contributed by atoms with Crippen LogP contribution in [0, 0.1) is 11.3 Å². The molecule has 1 rings (SSSR count). The lowest BCUT2D eigenvalue weighted by Crippen LogP contribution is -2.55. The Bertz CT molecular complexity index is 195. The van der Waals surface area contributed by atoms with Crippen molar-refractivity contribution >= 4 is 0 Å². The van der Waals surface area contributed by atoms with Crippen molar-refractivity contribution in [2.24, 2.45) is 17.1 Å². The van der Waals surface area contributed by atoms with Crippen LogP contribution < -0.4 is 5.73 Å². The van der Waals surface area contributed by atoms with E-state index in [2.05, 4.69) is 13.8 Å². The van der Waals surface area contributed by atoms with Gasteiger partial charge in [0.25, 0.3) is 0 Å². The zero-order chi connectivity index (χ0) is 11.5. The van der Waals surface area contributed by atoms with E-state index in [1.165, 1.54) is 19.3 Å². The quantitative estimate of drug-likeness (QED) is 0.754. The molecule has 2 heteroatoms. The van der Waals surface area contributed by atoms with Crippen LogP contribution in [0.3, 0.4) is 0 Å². The van der Waals surface area contributed by atoms with Crippen molar-refractivity contribution in [1.29, 1.82) is 0 Å². The van der Waals surface area contributed by atoms with E-state index in [0.717, 1.165) is 19.3 Å². The third kappa shape index (κ3) is 2.21. The fourth-order valence-corrected chi connectivity index (χ4v) is 3.07. The molecule has 0 amide bonds. The van der Waals surface area contributed by atoms with Gasteiger partial charge in [0, 0.05) is 12.0 Å². The van der Waals surface area contributed by atoms with E-state index in [9.17, 15) is 5.11 Å². The minimum absolute atomic E-state index is 0.0271. The molecule has 0 heterocycles. The molecule has 1 aliphatic carbocycles. The zero-order valence-electron chi connectivity index (χ0n) is 10.6. The van der Waals surface area contributed by atoms with Gasteiger partial charge in [0.05, 0.1) is 5.60 Å². The van der Waals surface area contributed by atoms with Gasteiger partial charge < -0.3 is 10.8 Å². The van der Waals surface area contributed by atoms with Crippen LogP contribution in [0.5, 0.6) is 0 Å². The molecule has 15 heavy (non-hydrogen) atoms. The first-order chi connectivity index (χ1) is 7.00. The third-order valence-electron chi connectivity index (χ3n) is 4.85. The average Bonchev–Trinajstić information content (AvgIpc) is 2.28. The summed E-state index contributed by atoms with van der Waals surface area (Å²) >= 11 is 0. The third-order valence-corrected chi connectivity index (χ3v) is 4.85. The average molecular weight is 213 g/mol. The smallest absolute Gasteiger partial charge is 0.0713 e. The fourth-order valence-electron chi connectivity index (χ4n) is 3.07. The van der Waals surface area contributed by atoms with Crippen molar-refractivity contribution in [3.8, 4) is 0 Å². The van der Waals surface area contributed by atoms with Crippen LogP contribution in [0.15, 0.2) is 0 Å². The highest BCUT2D eigenvalue weighted by atomic mass is 16.3. The molecule has 2 nitrogen and oxygen atoms in total. The molecule has 0 spiro atoms. The van der Waals surface area contributed by atoms with Gasteiger partial charge in [-0.15, -0.1) is 0 Å². The van der Waals surface area contributed by atoms with Crippen LogP contribution in [-0.4, -0.2) is 17.3 Å². The first-order valence-corrected chi connectivity index (χ1v) is 6.42. The minimum Gasteiger partial charge on any atom is -0.389 e. The molecule has 1 aliphatic rings. The molecule has 2 unspecified atom stereocenters. The summed E-state index contributed by atoms with van der Waals surface area (Å²) < 4.78 is 0. The van der Waals surface area contributed by atoms with Gasteiger partial charge in [0.1, 0.15) is 0 Å². The predicted molar refractivity (Wildman–Crippen MR) is 64.7 cm³/mol. The van der Waals surface area contributed by atoms with E-state index < -0.39 is 5.60 Å². The summed E-state index contributed by atoms with van der Waals surface area (Å²) in [4.78, 5) is 0. The summed E-state index contributed by atoms with van der Waals surface area (Å²) in [6.07, 6.45) is 6.97. The first kappa shape index (κ1) is 13.0. The van der Waals surface area contributed by atoms with Crippen molar-refractivity contribution < 1.29 is 5.11 Å². The molecule has 0 radical (unpaired) electrons. The van der Waals surface area contributed by atoms with Crippen LogP contribution in [0.1, 0.15) is 59.3 Å². The van der Waals surface area contributed by atoms with E-state index in [1.54, 1.807) is 0 Å². The highest BCUT2D eigenvalue weighted by molar-refractivity contribution is 5.00. The Morgan fingerprint density at radius 3 is 2.27 bits per heavy atom. The van der Waals surface area contributed by atoms with Crippen molar-refractivity contribution in [3.63, 3.8) is 0 Å². The monoisotopic (exact) mass is 213 g/mol. The summed E-state index contributed by atoms with van der Waals surface area (Å²) in [7, 11) is 0. The van der Waals surface area contributed by atoms with E-state index in [1.807, 2.05) is 6.92 Å². The molecule has 90 valence electrons. The lowest BCUT2D eigenvalue weighted by Gasteiger charge is -2.50. The van der Waals surface area contributed by atoms with Gasteiger partial charge >= 0.3 is 0 Å². The molecular weight excluding hydrogens is 186 g/mol. The maximum atomic E-state index is 10.8. The SMILES string of the molecule is CCC(C)C(C)(O)C1(CN)CCCCC1. The Kier molecular flexibility index (Phi) is 4.19. The Balaban J connectivity index is 2.87. The molecule has 0 aromatic heterocycles. The molecule has 1 fully saturated rings. The maximum absolute atomic E-state index is 10.8. The molecule has 2 atom stereocenters. The molecule has 0 bridgehead atoms. The van der Waals surface area contributed by atoms with Gasteiger partial charge in [-0.05, 0) is 25.7 Å². The second kappa shape index (κ2) is 4.84. The van der Waals surface area contributed by atoms with Crippen LogP contribution in [-0.2, 0) is 0 Å². The second-order valence-electron chi connectivity index (χ2n) is 5.50. The van der Waals surface area contributed by atoms with E-state index in [-0.39, 0.29) is 5.41 Å². The van der Waals surface area contributed by atoms with Crippen molar-refractivity contribution in [2.45, 2.75) is 64.9 Å². The highest BCUT2D eigenvalue weighted by Crippen LogP contribution is 2.47. The molecule has 0 aromatic rings. The van der Waals surface area contributed by atoms with Crippen LogP contribution in [0.25, 0.3) is 0 Å². The largest absolute Gasteiger partial charge is 0.389 e. The van der Waals surface area contributed by atoms with Crippen LogP contribution in [0.2, 0.25) is 0 Å². The molecule has 0 aliphatic heterocycles. The number of aliphatic hydroxyl groups is 1. The van der Waals surface area contributed by atoms with Crippen LogP contribution >= 0.6 is 0 Å². The molecular formula is C13H27NO. The van der Waals surface area contributed by atoms with Crippen LogP contribution in [0.4, 0.5) is 0 Å². The van der Waals surface area contributed by atoms with E-state index >= 15 is 0 Å². The molecule has 1 saturated carbocycles. The maximum Gasteiger partial charge on any atom is 0.0713 e. The summed E-state index contributed by atoms with van der Waals surface area (Å²) in [5, 5.41) is 10.8. The number of hydrogen-bond donors (Lipinski definition) is 2. The van der Waals surface area contributed by atoms with Crippen molar-refractivity contribution in [3.05, 3.63) is 0 Å². The Hall–Kier alpha value is -0.0800. The van der Waals surface area contributed by atoms with Gasteiger partial charge in [-0.1, -0.05) is 39.5 Å². The standard InChI is InChI=1S/C13H27NO/c1-4-11(2)12(3,15)13(10-14)8-6-5-7-9-13/h11,15H,4-10,14H2,1-3H3. The Labute approximate surface area is 94.2 Å². The fraction of sp³-hybridized carbons (Fsp3) is 1.00. The summed E-state index contributed by atoms with van der Waals surface area (Å²) in [5.41, 5.74) is 5.33. The number of rotatable bonds is 4. The number of hydrogen-bond acceptors (Lipinski definition) is 2. The lowest BCUT2D eigenvalue weighted by atomic mass is 9.59. The van der Waals surface area contributed by atoms with Gasteiger partial charge in [-0.25, -0.2) is 0 Å². The lowest BCUT2D eigenvalue weighted by molar-refractivity contribution is -0.122. The summed E-state index contributed by atoms with van der Waals surface area (Å²) in [6, 6.07) is 0. The molecule has 3 N–H and O–H groups in total.